The first kappa shape index (κ1) is 16.4. The van der Waals surface area contributed by atoms with Crippen LogP contribution in [0.4, 0.5) is 0 Å². The highest BCUT2D eigenvalue weighted by atomic mass is 32.2. The van der Waals surface area contributed by atoms with E-state index < -0.39 is 0 Å². The van der Waals surface area contributed by atoms with Crippen molar-refractivity contribution >= 4 is 11.8 Å². The van der Waals surface area contributed by atoms with E-state index in [1.54, 1.807) is 16.3 Å². The fourth-order valence-electron chi connectivity index (χ4n) is 6.52. The fraction of sp³-hybridized carbons (Fsp3) is 0.895. The average Bonchev–Trinajstić information content (AvgIpc) is 3.18. The molecule has 5 nitrogen and oxygen atoms in total. The molecule has 1 N–H and O–H groups in total. The molecule has 1 aromatic heterocycles. The number of nitrogens with zero attached hydrogens (tertiary/aromatic N) is 2. The number of hydrogen-bond donors (Lipinski definition) is 1. The molecule has 0 radical (unpaired) electrons. The first-order chi connectivity index (χ1) is 12.2. The minimum Gasteiger partial charge on any atom is -0.376 e. The monoisotopic (exact) mass is 363 g/mol. The third-order valence-corrected chi connectivity index (χ3v) is 8.14. The Kier molecular flexibility index (Phi) is 4.24. The smallest absolute Gasteiger partial charge is 0.344 e. The van der Waals surface area contributed by atoms with Gasteiger partial charge in [0.05, 0.1) is 12.6 Å². The Morgan fingerprint density at radius 2 is 1.92 bits per heavy atom. The summed E-state index contributed by atoms with van der Waals surface area (Å²) < 4.78 is 7.49. The number of H-pyrrole nitrogens is 1. The highest BCUT2D eigenvalue weighted by Gasteiger charge is 2.50. The minimum atomic E-state index is -0.0900. The van der Waals surface area contributed by atoms with Crippen LogP contribution in [0.5, 0.6) is 0 Å². The van der Waals surface area contributed by atoms with Gasteiger partial charge in [-0.15, -0.1) is 5.10 Å². The van der Waals surface area contributed by atoms with Crippen LogP contribution in [0.3, 0.4) is 0 Å². The van der Waals surface area contributed by atoms with Crippen molar-refractivity contribution < 1.29 is 4.74 Å². The van der Waals surface area contributed by atoms with E-state index in [0.717, 1.165) is 48.1 Å². The molecule has 6 heteroatoms. The summed E-state index contributed by atoms with van der Waals surface area (Å²) in [5.41, 5.74) is 0.519. The summed E-state index contributed by atoms with van der Waals surface area (Å²) in [4.78, 5) is 12.1. The van der Waals surface area contributed by atoms with E-state index in [1.165, 1.54) is 44.9 Å². The van der Waals surface area contributed by atoms with E-state index in [9.17, 15) is 4.79 Å². The van der Waals surface area contributed by atoms with Gasteiger partial charge in [0.15, 0.2) is 5.16 Å². The molecular weight excluding hydrogens is 334 g/mol. The summed E-state index contributed by atoms with van der Waals surface area (Å²) in [6.45, 7) is 1.47. The summed E-state index contributed by atoms with van der Waals surface area (Å²) in [5.74, 6) is 4.13. The Bertz CT molecular complexity index is 641. The largest absolute Gasteiger partial charge is 0.376 e. The Hall–Kier alpha value is -0.750. The van der Waals surface area contributed by atoms with E-state index in [0.29, 0.717) is 12.0 Å². The zero-order valence-corrected chi connectivity index (χ0v) is 15.7. The van der Waals surface area contributed by atoms with E-state index in [1.807, 2.05) is 0 Å². The number of aromatic nitrogens is 3. The number of hydrogen-bond acceptors (Lipinski definition) is 4. The lowest BCUT2D eigenvalue weighted by Crippen LogP contribution is -2.46. The van der Waals surface area contributed by atoms with Crippen molar-refractivity contribution in [2.75, 3.05) is 12.4 Å². The van der Waals surface area contributed by atoms with Crippen LogP contribution in [-0.2, 0) is 11.3 Å². The number of thioether (sulfide) groups is 1. The van der Waals surface area contributed by atoms with Crippen LogP contribution in [0.15, 0.2) is 9.95 Å². The predicted octanol–water partition coefficient (Wildman–Crippen LogP) is 3.45. The first-order valence-electron chi connectivity index (χ1n) is 10.1. The van der Waals surface area contributed by atoms with Gasteiger partial charge in [0.1, 0.15) is 0 Å². The van der Waals surface area contributed by atoms with Crippen molar-refractivity contribution in [2.45, 2.75) is 75.6 Å². The summed E-state index contributed by atoms with van der Waals surface area (Å²) in [6, 6.07) is 0. The molecule has 5 fully saturated rings. The topological polar surface area (TPSA) is 59.9 Å². The maximum atomic E-state index is 12.1. The van der Waals surface area contributed by atoms with E-state index in [2.05, 4.69) is 10.2 Å². The van der Waals surface area contributed by atoms with E-state index in [-0.39, 0.29) is 11.8 Å². The number of rotatable bonds is 6. The fourth-order valence-corrected chi connectivity index (χ4v) is 7.66. The molecule has 138 valence electrons. The lowest BCUT2D eigenvalue weighted by Gasteiger charge is -2.57. The number of aromatic amines is 1. The van der Waals surface area contributed by atoms with Gasteiger partial charge in [0.25, 0.3) is 0 Å². The van der Waals surface area contributed by atoms with Crippen molar-refractivity contribution in [1.82, 2.24) is 14.8 Å². The zero-order valence-electron chi connectivity index (χ0n) is 14.9. The maximum Gasteiger partial charge on any atom is 0.344 e. The summed E-state index contributed by atoms with van der Waals surface area (Å²) in [6.07, 6.45) is 12.5. The molecule has 1 aromatic rings. The van der Waals surface area contributed by atoms with Gasteiger partial charge in [-0.2, -0.15) is 0 Å². The summed E-state index contributed by atoms with van der Waals surface area (Å²) >= 11 is 1.77. The van der Waals surface area contributed by atoms with E-state index >= 15 is 0 Å². The SMILES string of the molecule is O=c1[nH]nc(SCCC23CC4CC(CC(C4)C2)C3)n1CC1CCCO1. The van der Waals surface area contributed by atoms with Crippen LogP contribution < -0.4 is 5.69 Å². The van der Waals surface area contributed by atoms with Crippen molar-refractivity contribution in [3.63, 3.8) is 0 Å². The highest BCUT2D eigenvalue weighted by molar-refractivity contribution is 7.99. The molecule has 4 bridgehead atoms. The molecule has 0 spiro atoms. The Morgan fingerprint density at radius 3 is 2.56 bits per heavy atom. The molecule has 1 saturated heterocycles. The van der Waals surface area contributed by atoms with Crippen LogP contribution in [0.2, 0.25) is 0 Å². The Balaban J connectivity index is 1.21. The van der Waals surface area contributed by atoms with Crippen molar-refractivity contribution in [3.8, 4) is 0 Å². The highest BCUT2D eigenvalue weighted by Crippen LogP contribution is 2.61. The van der Waals surface area contributed by atoms with E-state index in [4.69, 9.17) is 4.74 Å². The Morgan fingerprint density at radius 1 is 1.20 bits per heavy atom. The molecule has 0 aromatic carbocycles. The third-order valence-electron chi connectivity index (χ3n) is 7.16. The maximum absolute atomic E-state index is 12.1. The summed E-state index contributed by atoms with van der Waals surface area (Å²) in [7, 11) is 0. The van der Waals surface area contributed by atoms with Gasteiger partial charge in [0, 0.05) is 12.4 Å². The van der Waals surface area contributed by atoms with Gasteiger partial charge < -0.3 is 4.74 Å². The normalized spacial score (nSPS) is 39.4. The molecule has 0 amide bonds. The van der Waals surface area contributed by atoms with Crippen LogP contribution >= 0.6 is 11.8 Å². The second-order valence-electron chi connectivity index (χ2n) is 9.07. The standard InChI is InChI=1S/C19H29N3O2S/c23-17-20-21-18(22(17)12-16-2-1-4-24-16)25-5-3-19-9-13-6-14(10-19)8-15(7-13)11-19/h13-16H,1-12H2,(H,20,23). The van der Waals surface area contributed by atoms with Gasteiger partial charge in [-0.1, -0.05) is 11.8 Å². The summed E-state index contributed by atoms with van der Waals surface area (Å²) in [5, 5.41) is 7.76. The van der Waals surface area contributed by atoms with Gasteiger partial charge in [0.2, 0.25) is 0 Å². The van der Waals surface area contributed by atoms with Gasteiger partial charge in [-0.25, -0.2) is 9.89 Å². The molecule has 4 saturated carbocycles. The molecule has 1 atom stereocenters. The van der Waals surface area contributed by atoms with Crippen LogP contribution in [0, 0.1) is 23.2 Å². The first-order valence-corrected chi connectivity index (χ1v) is 11.1. The lowest BCUT2D eigenvalue weighted by molar-refractivity contribution is -0.0538. The van der Waals surface area contributed by atoms with Crippen LogP contribution in [0.25, 0.3) is 0 Å². The number of ether oxygens (including phenoxy) is 1. The molecule has 5 aliphatic rings. The molecule has 1 aliphatic heterocycles. The number of nitrogens with one attached hydrogen (secondary N) is 1. The average molecular weight is 364 g/mol. The second kappa shape index (κ2) is 6.45. The molecule has 25 heavy (non-hydrogen) atoms. The van der Waals surface area contributed by atoms with Crippen molar-refractivity contribution in [2.24, 2.45) is 23.2 Å². The van der Waals surface area contributed by atoms with Gasteiger partial charge >= 0.3 is 5.69 Å². The zero-order chi connectivity index (χ0) is 16.9. The Labute approximate surface area is 153 Å². The van der Waals surface area contributed by atoms with Crippen LogP contribution in [-0.4, -0.2) is 33.2 Å². The minimum absolute atomic E-state index is 0.0900. The molecule has 1 unspecified atom stereocenters. The van der Waals surface area contributed by atoms with Crippen molar-refractivity contribution in [3.05, 3.63) is 10.5 Å². The third kappa shape index (κ3) is 3.20. The molecule has 6 rings (SSSR count). The van der Waals surface area contributed by atoms with Crippen molar-refractivity contribution in [1.29, 1.82) is 0 Å². The second-order valence-corrected chi connectivity index (χ2v) is 10.1. The molecular formula is C19H29N3O2S. The van der Waals surface area contributed by atoms with Gasteiger partial charge in [-0.05, 0) is 81.0 Å². The molecule has 4 aliphatic carbocycles. The van der Waals surface area contributed by atoms with Gasteiger partial charge in [-0.3, -0.25) is 4.57 Å². The lowest BCUT2D eigenvalue weighted by atomic mass is 9.49. The van der Waals surface area contributed by atoms with Crippen LogP contribution in [0.1, 0.15) is 57.8 Å². The predicted molar refractivity (Wildman–Crippen MR) is 97.8 cm³/mol. The quantitative estimate of drug-likeness (QED) is 0.787. The molecule has 2 heterocycles.